The van der Waals surface area contributed by atoms with E-state index in [4.69, 9.17) is 4.74 Å². The van der Waals surface area contributed by atoms with Gasteiger partial charge >= 0.3 is 0 Å². The van der Waals surface area contributed by atoms with Crippen molar-refractivity contribution < 1.29 is 19.1 Å². The van der Waals surface area contributed by atoms with Gasteiger partial charge in [-0.05, 0) is 42.7 Å². The second kappa shape index (κ2) is 9.43. The van der Waals surface area contributed by atoms with Gasteiger partial charge in [-0.2, -0.15) is 0 Å². The van der Waals surface area contributed by atoms with Gasteiger partial charge in [0.25, 0.3) is 0 Å². The smallest absolute Gasteiger partial charge is 0.247 e. The molecule has 1 saturated heterocycles. The van der Waals surface area contributed by atoms with Crippen molar-refractivity contribution in [3.63, 3.8) is 0 Å². The number of hydrogen-bond acceptors (Lipinski definition) is 5. The van der Waals surface area contributed by atoms with E-state index in [1.165, 1.54) is 11.8 Å². The van der Waals surface area contributed by atoms with E-state index >= 15 is 0 Å². The number of ether oxygens (including phenoxy) is 1. The highest BCUT2D eigenvalue weighted by atomic mass is 32.2. The summed E-state index contributed by atoms with van der Waals surface area (Å²) in [6.07, 6.45) is 1.19. The summed E-state index contributed by atoms with van der Waals surface area (Å²) in [5.41, 5.74) is 1.75. The first-order chi connectivity index (χ1) is 15.0. The standard InChI is InChI=1S/C23H25N3O4S/c1-30-17-8-6-15(7-9-17)14-24-21(27)16-10-12-26(13-11-16)23(29)20-22(28)25-18-4-2-3-5-19(18)31-20/h2-9,16,20H,10-14H2,1H3,(H,24,27)(H,25,28)/t20-/m1/s1. The van der Waals surface area contributed by atoms with Gasteiger partial charge in [0, 0.05) is 30.4 Å². The van der Waals surface area contributed by atoms with Gasteiger partial charge in [0.2, 0.25) is 17.7 Å². The normalized spacial score (nSPS) is 18.7. The van der Waals surface area contributed by atoms with Gasteiger partial charge in [-0.1, -0.05) is 24.3 Å². The lowest BCUT2D eigenvalue weighted by molar-refractivity contribution is -0.137. The van der Waals surface area contributed by atoms with Gasteiger partial charge in [0.1, 0.15) is 5.75 Å². The molecule has 0 radical (unpaired) electrons. The monoisotopic (exact) mass is 439 g/mol. The minimum absolute atomic E-state index is 0.00151. The lowest BCUT2D eigenvalue weighted by atomic mass is 9.95. The molecule has 0 aromatic heterocycles. The van der Waals surface area contributed by atoms with Crippen LogP contribution < -0.4 is 15.4 Å². The Kier molecular flexibility index (Phi) is 6.46. The fourth-order valence-electron chi connectivity index (χ4n) is 3.82. The van der Waals surface area contributed by atoms with Crippen molar-refractivity contribution in [3.05, 3.63) is 54.1 Å². The van der Waals surface area contributed by atoms with E-state index in [1.807, 2.05) is 48.5 Å². The zero-order valence-corrected chi connectivity index (χ0v) is 18.1. The Morgan fingerprint density at radius 2 is 1.84 bits per heavy atom. The minimum Gasteiger partial charge on any atom is -0.497 e. The van der Waals surface area contributed by atoms with Crippen molar-refractivity contribution >= 4 is 35.2 Å². The van der Waals surface area contributed by atoms with Gasteiger partial charge in [-0.25, -0.2) is 0 Å². The molecule has 7 nitrogen and oxygen atoms in total. The average Bonchev–Trinajstić information content (AvgIpc) is 2.82. The van der Waals surface area contributed by atoms with Crippen LogP contribution in [0, 0.1) is 5.92 Å². The molecule has 0 aliphatic carbocycles. The molecule has 0 spiro atoms. The summed E-state index contributed by atoms with van der Waals surface area (Å²) in [5.74, 6) is 0.181. The molecule has 2 heterocycles. The van der Waals surface area contributed by atoms with Crippen LogP contribution in [-0.2, 0) is 20.9 Å². The quantitative estimate of drug-likeness (QED) is 0.700. The Balaban J connectivity index is 1.27. The minimum atomic E-state index is -0.782. The van der Waals surface area contributed by atoms with E-state index in [2.05, 4.69) is 10.6 Å². The number of benzene rings is 2. The highest BCUT2D eigenvalue weighted by Crippen LogP contribution is 2.36. The molecule has 0 unspecified atom stereocenters. The zero-order chi connectivity index (χ0) is 21.8. The van der Waals surface area contributed by atoms with E-state index in [9.17, 15) is 14.4 Å². The maximum atomic E-state index is 12.9. The largest absolute Gasteiger partial charge is 0.497 e. The van der Waals surface area contributed by atoms with E-state index in [1.54, 1.807) is 12.0 Å². The molecule has 2 aliphatic rings. The van der Waals surface area contributed by atoms with Gasteiger partial charge in [0.05, 0.1) is 12.8 Å². The summed E-state index contributed by atoms with van der Waals surface area (Å²) < 4.78 is 5.14. The number of methoxy groups -OCH3 is 1. The molecule has 2 aromatic rings. The van der Waals surface area contributed by atoms with Crippen LogP contribution in [0.4, 0.5) is 5.69 Å². The topological polar surface area (TPSA) is 87.7 Å². The third-order valence-electron chi connectivity index (χ3n) is 5.66. The van der Waals surface area contributed by atoms with E-state index in [-0.39, 0.29) is 23.6 Å². The fraction of sp³-hybridized carbons (Fsp3) is 0.348. The summed E-state index contributed by atoms with van der Waals surface area (Å²) >= 11 is 1.29. The maximum Gasteiger partial charge on any atom is 0.247 e. The lowest BCUT2D eigenvalue weighted by Crippen LogP contribution is -2.49. The van der Waals surface area contributed by atoms with Gasteiger partial charge < -0.3 is 20.3 Å². The van der Waals surface area contributed by atoms with Gasteiger partial charge in [-0.3, -0.25) is 14.4 Å². The molecule has 0 bridgehead atoms. The van der Waals surface area contributed by atoms with E-state index < -0.39 is 5.25 Å². The molecule has 2 aromatic carbocycles. The van der Waals surface area contributed by atoms with Crippen LogP contribution in [-0.4, -0.2) is 48.1 Å². The highest BCUT2D eigenvalue weighted by Gasteiger charge is 2.37. The predicted molar refractivity (Wildman–Crippen MR) is 119 cm³/mol. The fourth-order valence-corrected chi connectivity index (χ4v) is 4.89. The number of fused-ring (bicyclic) bond motifs is 1. The summed E-state index contributed by atoms with van der Waals surface area (Å²) in [5, 5.41) is 5.02. The molecule has 3 amide bonds. The van der Waals surface area contributed by atoms with Gasteiger partial charge in [-0.15, -0.1) is 11.8 Å². The molecule has 162 valence electrons. The maximum absolute atomic E-state index is 12.9. The van der Waals surface area contributed by atoms with Crippen molar-refractivity contribution in [1.29, 1.82) is 0 Å². The number of thioether (sulfide) groups is 1. The number of carbonyl (C=O) groups excluding carboxylic acids is 3. The highest BCUT2D eigenvalue weighted by molar-refractivity contribution is 8.01. The molecule has 8 heteroatoms. The van der Waals surface area contributed by atoms with Crippen LogP contribution in [0.3, 0.4) is 0 Å². The second-order valence-electron chi connectivity index (χ2n) is 7.65. The molecular formula is C23H25N3O4S. The van der Waals surface area contributed by atoms with Crippen LogP contribution >= 0.6 is 11.8 Å². The SMILES string of the molecule is COc1ccc(CNC(=O)C2CCN(C(=O)[C@@H]3Sc4ccccc4NC3=O)CC2)cc1. The van der Waals surface area contributed by atoms with Crippen LogP contribution in [0.25, 0.3) is 0 Å². The first-order valence-corrected chi connectivity index (χ1v) is 11.2. The molecule has 2 aliphatic heterocycles. The predicted octanol–water partition coefficient (Wildman–Crippen LogP) is 2.66. The van der Waals surface area contributed by atoms with Crippen molar-refractivity contribution in [2.24, 2.45) is 5.92 Å². The first-order valence-electron chi connectivity index (χ1n) is 10.3. The third kappa shape index (κ3) is 4.85. The Morgan fingerprint density at radius 3 is 2.55 bits per heavy atom. The Labute approximate surface area is 185 Å². The number of piperidine rings is 1. The van der Waals surface area contributed by atoms with Crippen LogP contribution in [0.15, 0.2) is 53.4 Å². The van der Waals surface area contributed by atoms with Crippen LogP contribution in [0.5, 0.6) is 5.75 Å². The van der Waals surface area contributed by atoms with Crippen LogP contribution in [0.1, 0.15) is 18.4 Å². The number of nitrogens with zero attached hydrogens (tertiary/aromatic N) is 1. The van der Waals surface area contributed by atoms with Crippen molar-refractivity contribution in [1.82, 2.24) is 10.2 Å². The van der Waals surface area contributed by atoms with Crippen LogP contribution in [0.2, 0.25) is 0 Å². The van der Waals surface area contributed by atoms with Crippen molar-refractivity contribution in [2.45, 2.75) is 29.5 Å². The Hall–Kier alpha value is -3.00. The molecular weight excluding hydrogens is 414 g/mol. The van der Waals surface area contributed by atoms with Crippen molar-refractivity contribution in [2.75, 3.05) is 25.5 Å². The number of carbonyl (C=O) groups is 3. The number of para-hydroxylation sites is 1. The Morgan fingerprint density at radius 1 is 1.13 bits per heavy atom. The van der Waals surface area contributed by atoms with Gasteiger partial charge in [0.15, 0.2) is 5.25 Å². The molecule has 0 saturated carbocycles. The molecule has 1 fully saturated rings. The molecule has 4 rings (SSSR count). The number of anilines is 1. The Bertz CT molecular complexity index is 971. The molecule has 2 N–H and O–H groups in total. The number of likely N-dealkylation sites (tertiary alicyclic amines) is 1. The number of rotatable bonds is 5. The summed E-state index contributed by atoms with van der Waals surface area (Å²) in [6.45, 7) is 1.41. The summed E-state index contributed by atoms with van der Waals surface area (Å²) in [6, 6.07) is 15.0. The number of nitrogens with one attached hydrogen (secondary N) is 2. The van der Waals surface area contributed by atoms with E-state index in [0.29, 0.717) is 32.5 Å². The first kappa shape index (κ1) is 21.2. The van der Waals surface area contributed by atoms with Crippen molar-refractivity contribution in [3.8, 4) is 5.75 Å². The zero-order valence-electron chi connectivity index (χ0n) is 17.3. The second-order valence-corrected chi connectivity index (χ2v) is 8.80. The third-order valence-corrected chi connectivity index (χ3v) is 6.92. The average molecular weight is 440 g/mol. The summed E-state index contributed by atoms with van der Waals surface area (Å²) in [4.78, 5) is 40.5. The molecule has 1 atom stereocenters. The molecule has 31 heavy (non-hydrogen) atoms. The van der Waals surface area contributed by atoms with E-state index in [0.717, 1.165) is 21.9 Å². The number of amides is 3. The summed E-state index contributed by atoms with van der Waals surface area (Å²) in [7, 11) is 1.62. The lowest BCUT2D eigenvalue weighted by Gasteiger charge is -2.34. The number of hydrogen-bond donors (Lipinski definition) is 2.